The highest BCUT2D eigenvalue weighted by atomic mass is 32.2. The fourth-order valence-electron chi connectivity index (χ4n) is 9.45. The molecule has 3 saturated heterocycles. The molecule has 13 atom stereocenters. The van der Waals surface area contributed by atoms with Crippen molar-refractivity contribution in [1.82, 2.24) is 30.1 Å². The summed E-state index contributed by atoms with van der Waals surface area (Å²) in [6, 6.07) is 6.46. The van der Waals surface area contributed by atoms with Gasteiger partial charge in [0.25, 0.3) is 0 Å². The van der Waals surface area contributed by atoms with E-state index in [4.69, 9.17) is 29.4 Å². The number of methoxy groups -OCH3 is 1. The monoisotopic (exact) mass is 894 g/mol. The standard InChI is InChI=1S/C43H69N7O9.CH3FS/c1-12-34-43(8)37(50(41(54)59-43)19-14-13-18-49-24-32(46-47-49)30-16-15-17-31(44)21-30)29(6)45-23-25(2)22-42(7,55-11)38(27(4)35(51)28(5)39(53)57-34)58-40-36(52)33(48(9)10)20-26(3)56-40;1-3-2/h15-17,21,24-29,33-34,36-38,40,45,52H,12-14,18-20,22-23,44H2,1-11H3;1H3/t25-,26?,27-,28?,29-,33?,34-,36?,37-,38-,40+,42-,43-;/m1./s1. The molecular formula is C44H72FN7O9S. The second-order valence-electron chi connectivity index (χ2n) is 17.9. The molecule has 4 N–H and O–H groups in total. The number of nitrogens with one attached hydrogen (secondary N) is 1. The third kappa shape index (κ3) is 12.0. The van der Waals surface area contributed by atoms with Gasteiger partial charge in [-0.25, -0.2) is 4.79 Å². The number of fused-ring (bicyclic) bond motifs is 1. The molecule has 0 saturated carbocycles. The summed E-state index contributed by atoms with van der Waals surface area (Å²) in [4.78, 5) is 45.9. The molecule has 0 aliphatic carbocycles. The van der Waals surface area contributed by atoms with Crippen LogP contribution in [0, 0.1) is 17.8 Å². The van der Waals surface area contributed by atoms with Crippen LogP contribution in [-0.2, 0) is 39.8 Å². The normalized spacial score (nSPS) is 35.0. The van der Waals surface area contributed by atoms with Crippen LogP contribution in [0.25, 0.3) is 11.3 Å². The number of nitrogen functional groups attached to an aromatic ring is 1. The molecule has 4 unspecified atom stereocenters. The number of aliphatic hydroxyl groups excluding tert-OH is 1. The Bertz CT molecular complexity index is 1780. The van der Waals surface area contributed by atoms with Gasteiger partial charge in [0.05, 0.1) is 30.0 Å². The summed E-state index contributed by atoms with van der Waals surface area (Å²) in [5, 5.41) is 23.7. The number of ketones is 1. The molecule has 0 spiro atoms. The first-order valence-electron chi connectivity index (χ1n) is 21.8. The fraction of sp³-hybridized carbons (Fsp3) is 0.750. The number of aryl methyl sites for hydroxylation is 1. The number of carbonyl (C=O) groups excluding carboxylic acids is 3. The Kier molecular flexibility index (Phi) is 18.6. The van der Waals surface area contributed by atoms with Crippen LogP contribution in [0.4, 0.5) is 14.4 Å². The van der Waals surface area contributed by atoms with Crippen LogP contribution in [-0.4, -0.2) is 148 Å². The smallest absolute Gasteiger partial charge is 0.410 e. The SMILES string of the molecule is CC[C@H]1OC(=O)C(C)C(=O)[C@@H](C)[C@@H](O[C@@H]2OC(C)CC(N(C)C)C2O)[C@](C)(OC)C[C@@H](C)CN[C@H](C)[C@H]2N(CCCCn3cc(-c4cccc(N)c4)nn3)C(=O)O[C@]12C.CSF. The lowest BCUT2D eigenvalue weighted by Crippen LogP contribution is -2.61. The maximum absolute atomic E-state index is 14.4. The number of hydrogen-bond donors (Lipinski definition) is 3. The highest BCUT2D eigenvalue weighted by Gasteiger charge is 2.58. The van der Waals surface area contributed by atoms with Crippen LogP contribution < -0.4 is 11.1 Å². The molecule has 0 bridgehead atoms. The van der Waals surface area contributed by atoms with Gasteiger partial charge < -0.3 is 44.7 Å². The topological polar surface area (TPSA) is 193 Å². The van der Waals surface area contributed by atoms with Crippen LogP contribution >= 0.6 is 12.1 Å². The minimum atomic E-state index is -1.23. The number of benzene rings is 1. The Morgan fingerprint density at radius 2 is 1.79 bits per heavy atom. The van der Waals surface area contributed by atoms with Gasteiger partial charge in [0, 0.05) is 67.9 Å². The number of Topliss-reactive ketones (excluding diaryl/α,β-unsaturated/α-hetero) is 1. The van der Waals surface area contributed by atoms with Crippen molar-refractivity contribution in [2.75, 3.05) is 46.3 Å². The van der Waals surface area contributed by atoms with Gasteiger partial charge in [-0.05, 0) is 105 Å². The van der Waals surface area contributed by atoms with E-state index in [1.54, 1.807) is 23.6 Å². The van der Waals surface area contributed by atoms with E-state index in [1.165, 1.54) is 13.2 Å². The summed E-state index contributed by atoms with van der Waals surface area (Å²) in [6.07, 6.45) is 1.57. The Morgan fingerprint density at radius 3 is 2.42 bits per heavy atom. The van der Waals surface area contributed by atoms with Gasteiger partial charge in [-0.15, -0.1) is 5.10 Å². The molecule has 3 aliphatic heterocycles. The van der Waals surface area contributed by atoms with Crippen LogP contribution in [0.15, 0.2) is 30.5 Å². The van der Waals surface area contributed by atoms with Crippen molar-refractivity contribution in [2.45, 2.75) is 154 Å². The summed E-state index contributed by atoms with van der Waals surface area (Å²) < 4.78 is 43.5. The number of halogens is 1. The number of ether oxygens (including phenoxy) is 5. The minimum absolute atomic E-state index is 0.0125. The number of unbranched alkanes of at least 4 members (excludes halogenated alkanes) is 1. The van der Waals surface area contributed by atoms with Crippen LogP contribution in [0.5, 0.6) is 0 Å². The molecule has 1 aromatic heterocycles. The summed E-state index contributed by atoms with van der Waals surface area (Å²) in [5.41, 5.74) is 5.95. The van der Waals surface area contributed by atoms with Crippen LogP contribution in [0.3, 0.4) is 0 Å². The number of rotatable bonds is 11. The molecule has 3 aliphatic rings. The second kappa shape index (κ2) is 22.5. The number of aromatic nitrogens is 3. The van der Waals surface area contributed by atoms with Crippen molar-refractivity contribution in [3.05, 3.63) is 30.5 Å². The maximum Gasteiger partial charge on any atom is 0.410 e. The molecule has 0 radical (unpaired) electrons. The van der Waals surface area contributed by atoms with Crippen molar-refractivity contribution in [3.63, 3.8) is 0 Å². The number of amides is 1. The Morgan fingerprint density at radius 1 is 1.11 bits per heavy atom. The second-order valence-corrected chi connectivity index (χ2v) is 18.3. The molecule has 18 heteroatoms. The van der Waals surface area contributed by atoms with Crippen LogP contribution in [0.1, 0.15) is 87.5 Å². The Labute approximate surface area is 371 Å². The average molecular weight is 894 g/mol. The molecular weight excluding hydrogens is 822 g/mol. The number of likely N-dealkylation sites (N-methyl/N-ethyl adjacent to an activating group) is 1. The summed E-state index contributed by atoms with van der Waals surface area (Å²) >= 11 is 0.250. The van der Waals surface area contributed by atoms with E-state index >= 15 is 0 Å². The number of anilines is 1. The molecule has 2 aromatic rings. The van der Waals surface area contributed by atoms with Gasteiger partial charge in [-0.3, -0.25) is 19.2 Å². The fourth-order valence-corrected chi connectivity index (χ4v) is 9.45. The number of nitrogens with zero attached hydrogens (tertiary/aromatic N) is 5. The quantitative estimate of drug-likeness (QED) is 0.111. The Hall–Kier alpha value is -3.39. The van der Waals surface area contributed by atoms with Gasteiger partial charge in [0.15, 0.2) is 17.7 Å². The van der Waals surface area contributed by atoms with Crippen molar-refractivity contribution < 1.29 is 47.1 Å². The molecule has 5 rings (SSSR count). The lowest BCUT2D eigenvalue weighted by Gasteiger charge is -2.46. The molecule has 1 aromatic carbocycles. The largest absolute Gasteiger partial charge is 0.458 e. The molecule has 62 heavy (non-hydrogen) atoms. The lowest BCUT2D eigenvalue weighted by atomic mass is 9.78. The summed E-state index contributed by atoms with van der Waals surface area (Å²) in [5.74, 6) is -3.16. The van der Waals surface area contributed by atoms with E-state index in [0.717, 1.165) is 11.3 Å². The van der Waals surface area contributed by atoms with Crippen LogP contribution in [0.2, 0.25) is 0 Å². The number of nitrogens with two attached hydrogens (primary N) is 1. The van der Waals surface area contributed by atoms with Gasteiger partial charge >= 0.3 is 12.1 Å². The number of carbonyl (C=O) groups is 3. The molecule has 4 heterocycles. The highest BCUT2D eigenvalue weighted by molar-refractivity contribution is 7.93. The third-order valence-corrected chi connectivity index (χ3v) is 12.8. The number of hydrogen-bond acceptors (Lipinski definition) is 15. The predicted molar refractivity (Wildman–Crippen MR) is 237 cm³/mol. The Balaban J connectivity index is 0.00000273. The summed E-state index contributed by atoms with van der Waals surface area (Å²) in [6.45, 7) is 16.4. The number of cyclic esters (lactones) is 1. The predicted octanol–water partition coefficient (Wildman–Crippen LogP) is 5.52. The van der Waals surface area contributed by atoms with E-state index in [1.807, 2.05) is 84.1 Å². The first kappa shape index (κ1) is 51.2. The van der Waals surface area contributed by atoms with E-state index in [9.17, 15) is 23.4 Å². The minimum Gasteiger partial charge on any atom is -0.458 e. The van der Waals surface area contributed by atoms with E-state index in [0.29, 0.717) is 57.4 Å². The molecule has 16 nitrogen and oxygen atoms in total. The van der Waals surface area contributed by atoms with E-state index in [2.05, 4.69) is 22.6 Å². The molecule has 350 valence electrons. The van der Waals surface area contributed by atoms with E-state index in [-0.39, 0.29) is 36.3 Å². The first-order chi connectivity index (χ1) is 29.2. The summed E-state index contributed by atoms with van der Waals surface area (Å²) in [7, 11) is 5.39. The van der Waals surface area contributed by atoms with Gasteiger partial charge in [-0.1, -0.05) is 38.1 Å². The molecule has 3 fully saturated rings. The van der Waals surface area contributed by atoms with Crippen molar-refractivity contribution in [2.24, 2.45) is 17.8 Å². The van der Waals surface area contributed by atoms with Crippen molar-refractivity contribution in [1.29, 1.82) is 0 Å². The molecule has 1 amide bonds. The highest BCUT2D eigenvalue weighted by Crippen LogP contribution is 2.40. The van der Waals surface area contributed by atoms with Crippen molar-refractivity contribution >= 4 is 35.7 Å². The number of aliphatic hydroxyl groups is 1. The van der Waals surface area contributed by atoms with E-state index < -0.39 is 71.5 Å². The average Bonchev–Trinajstić information content (AvgIpc) is 3.80. The maximum atomic E-state index is 14.4. The zero-order valence-corrected chi connectivity index (χ0v) is 39.5. The van der Waals surface area contributed by atoms with Crippen molar-refractivity contribution in [3.8, 4) is 11.3 Å². The first-order valence-corrected chi connectivity index (χ1v) is 23.0. The number of esters is 1. The third-order valence-electron chi connectivity index (χ3n) is 12.8. The van der Waals surface area contributed by atoms with Gasteiger partial charge in [0.2, 0.25) is 0 Å². The zero-order valence-electron chi connectivity index (χ0n) is 38.7. The van der Waals surface area contributed by atoms with Gasteiger partial charge in [-0.2, -0.15) is 3.89 Å². The zero-order chi connectivity index (χ0) is 46.1. The van der Waals surface area contributed by atoms with Gasteiger partial charge in [0.1, 0.15) is 23.8 Å². The lowest BCUT2D eigenvalue weighted by molar-refractivity contribution is -0.295.